The zero-order valence-corrected chi connectivity index (χ0v) is 14.6. The van der Waals surface area contributed by atoms with Gasteiger partial charge in [-0.05, 0) is 42.8 Å². The molecule has 5 nitrogen and oxygen atoms in total. The summed E-state index contributed by atoms with van der Waals surface area (Å²) < 4.78 is 8.00. The van der Waals surface area contributed by atoms with E-state index >= 15 is 0 Å². The summed E-state index contributed by atoms with van der Waals surface area (Å²) in [5, 5.41) is 3.38. The SMILES string of the molecule is O=CNCCCc1nc2ccccc2n1CCOc1ccc(Cl)cc1. The van der Waals surface area contributed by atoms with Gasteiger partial charge in [-0.2, -0.15) is 0 Å². The van der Waals surface area contributed by atoms with E-state index in [0.717, 1.165) is 41.9 Å². The van der Waals surface area contributed by atoms with E-state index in [9.17, 15) is 4.79 Å². The number of nitrogens with one attached hydrogen (secondary N) is 1. The van der Waals surface area contributed by atoms with Crippen LogP contribution in [0, 0.1) is 0 Å². The second kappa shape index (κ2) is 8.53. The average molecular weight is 358 g/mol. The van der Waals surface area contributed by atoms with Gasteiger partial charge < -0.3 is 14.6 Å². The fourth-order valence-corrected chi connectivity index (χ4v) is 2.88. The predicted octanol–water partition coefficient (Wildman–Crippen LogP) is 3.45. The zero-order chi connectivity index (χ0) is 17.5. The molecule has 0 bridgehead atoms. The summed E-state index contributed by atoms with van der Waals surface area (Å²) in [7, 11) is 0. The molecule has 3 aromatic rings. The van der Waals surface area contributed by atoms with Crippen LogP contribution < -0.4 is 10.1 Å². The van der Waals surface area contributed by atoms with Crippen LogP contribution in [0.3, 0.4) is 0 Å². The van der Waals surface area contributed by atoms with Gasteiger partial charge in [-0.25, -0.2) is 4.98 Å². The number of rotatable bonds is 9. The highest BCUT2D eigenvalue weighted by molar-refractivity contribution is 6.30. The molecule has 1 amide bonds. The van der Waals surface area contributed by atoms with Crippen molar-refractivity contribution in [2.24, 2.45) is 0 Å². The molecule has 0 aliphatic carbocycles. The molecular formula is C19H20ClN3O2. The van der Waals surface area contributed by atoms with Crippen LogP contribution in [0.1, 0.15) is 12.2 Å². The first-order chi connectivity index (χ1) is 12.3. The van der Waals surface area contributed by atoms with Gasteiger partial charge in [0.1, 0.15) is 18.2 Å². The number of nitrogens with zero attached hydrogens (tertiary/aromatic N) is 2. The number of para-hydroxylation sites is 2. The fraction of sp³-hybridized carbons (Fsp3) is 0.263. The maximum absolute atomic E-state index is 10.4. The van der Waals surface area contributed by atoms with E-state index in [1.807, 2.05) is 42.5 Å². The van der Waals surface area contributed by atoms with Crippen LogP contribution in [0.15, 0.2) is 48.5 Å². The van der Waals surface area contributed by atoms with Gasteiger partial charge in [0.25, 0.3) is 0 Å². The van der Waals surface area contributed by atoms with Crippen LogP contribution >= 0.6 is 11.6 Å². The number of ether oxygens (including phenoxy) is 1. The molecule has 1 aromatic heterocycles. The Bertz CT molecular complexity index is 830. The Morgan fingerprint density at radius 3 is 2.76 bits per heavy atom. The molecule has 2 aromatic carbocycles. The van der Waals surface area contributed by atoms with Crippen LogP contribution in [0.5, 0.6) is 5.75 Å². The van der Waals surface area contributed by atoms with Crippen LogP contribution in [0.2, 0.25) is 5.02 Å². The maximum atomic E-state index is 10.4. The normalized spacial score (nSPS) is 10.8. The molecule has 0 aliphatic heterocycles. The van der Waals surface area contributed by atoms with E-state index in [-0.39, 0.29) is 0 Å². The van der Waals surface area contributed by atoms with E-state index in [2.05, 4.69) is 16.0 Å². The molecular weight excluding hydrogens is 338 g/mol. The third-order valence-electron chi connectivity index (χ3n) is 3.94. The number of hydrogen-bond acceptors (Lipinski definition) is 3. The molecule has 0 unspecified atom stereocenters. The molecule has 0 spiro atoms. The topological polar surface area (TPSA) is 56.2 Å². The van der Waals surface area contributed by atoms with Gasteiger partial charge in [0.2, 0.25) is 6.41 Å². The zero-order valence-electron chi connectivity index (χ0n) is 13.8. The molecule has 1 N–H and O–H groups in total. The minimum absolute atomic E-state index is 0.543. The van der Waals surface area contributed by atoms with Crippen molar-refractivity contribution >= 4 is 29.0 Å². The molecule has 0 fully saturated rings. The Kier molecular flexibility index (Phi) is 5.90. The van der Waals surface area contributed by atoms with E-state index < -0.39 is 0 Å². The molecule has 6 heteroatoms. The summed E-state index contributed by atoms with van der Waals surface area (Å²) in [5.41, 5.74) is 2.08. The Morgan fingerprint density at radius 2 is 1.96 bits per heavy atom. The lowest BCUT2D eigenvalue weighted by atomic mass is 10.3. The van der Waals surface area contributed by atoms with Crippen LogP contribution in [-0.4, -0.2) is 29.1 Å². The van der Waals surface area contributed by atoms with E-state index in [1.54, 1.807) is 0 Å². The van der Waals surface area contributed by atoms with Crippen molar-refractivity contribution in [1.29, 1.82) is 0 Å². The summed E-state index contributed by atoms with van der Waals surface area (Å²) in [6.45, 7) is 1.90. The van der Waals surface area contributed by atoms with Crippen molar-refractivity contribution in [3.63, 3.8) is 0 Å². The molecule has 130 valence electrons. The largest absolute Gasteiger partial charge is 0.492 e. The third kappa shape index (κ3) is 4.51. The van der Waals surface area contributed by atoms with Crippen molar-refractivity contribution in [3.05, 3.63) is 59.4 Å². The number of aryl methyl sites for hydroxylation is 1. The lowest BCUT2D eigenvalue weighted by molar-refractivity contribution is -0.109. The van der Waals surface area contributed by atoms with Crippen LogP contribution in [0.25, 0.3) is 11.0 Å². The van der Waals surface area contributed by atoms with Crippen molar-refractivity contribution in [3.8, 4) is 5.75 Å². The number of fused-ring (bicyclic) bond motifs is 1. The number of carbonyl (C=O) groups is 1. The second-order valence-electron chi connectivity index (χ2n) is 5.65. The Morgan fingerprint density at radius 1 is 1.16 bits per heavy atom. The molecule has 0 saturated carbocycles. The monoisotopic (exact) mass is 357 g/mol. The molecule has 0 atom stereocenters. The Labute approximate surface area is 151 Å². The van der Waals surface area contributed by atoms with Gasteiger partial charge in [0.05, 0.1) is 17.6 Å². The number of carbonyl (C=O) groups excluding carboxylic acids is 1. The number of halogens is 1. The average Bonchev–Trinajstić information content (AvgIpc) is 2.98. The minimum atomic E-state index is 0.543. The maximum Gasteiger partial charge on any atom is 0.207 e. The Hall–Kier alpha value is -2.53. The van der Waals surface area contributed by atoms with Crippen LogP contribution in [-0.2, 0) is 17.8 Å². The van der Waals surface area contributed by atoms with Gasteiger partial charge in [-0.15, -0.1) is 0 Å². The summed E-state index contributed by atoms with van der Waals surface area (Å²) >= 11 is 5.89. The second-order valence-corrected chi connectivity index (χ2v) is 6.08. The predicted molar refractivity (Wildman–Crippen MR) is 99.1 cm³/mol. The number of amides is 1. The van der Waals surface area contributed by atoms with Crippen molar-refractivity contribution < 1.29 is 9.53 Å². The first-order valence-corrected chi connectivity index (χ1v) is 8.65. The summed E-state index contributed by atoms with van der Waals surface area (Å²) in [6, 6.07) is 15.4. The van der Waals surface area contributed by atoms with Gasteiger partial charge in [-0.3, -0.25) is 4.79 Å². The lowest BCUT2D eigenvalue weighted by Gasteiger charge is -2.11. The molecule has 3 rings (SSSR count). The summed E-state index contributed by atoms with van der Waals surface area (Å²) in [6.07, 6.45) is 2.37. The standard InChI is InChI=1S/C19H20ClN3O2/c20-15-7-9-16(10-8-15)25-13-12-23-18-5-2-1-4-17(18)22-19(23)6-3-11-21-14-24/h1-2,4-5,7-10,14H,3,6,11-13H2,(H,21,24). The molecule has 0 radical (unpaired) electrons. The highest BCUT2D eigenvalue weighted by Gasteiger charge is 2.10. The molecule has 0 saturated heterocycles. The number of benzene rings is 2. The smallest absolute Gasteiger partial charge is 0.207 e. The fourth-order valence-electron chi connectivity index (χ4n) is 2.76. The quantitative estimate of drug-likeness (QED) is 0.471. The number of hydrogen-bond donors (Lipinski definition) is 1. The van der Waals surface area contributed by atoms with Gasteiger partial charge in [0, 0.05) is 18.0 Å². The van der Waals surface area contributed by atoms with Gasteiger partial charge >= 0.3 is 0 Å². The number of aromatic nitrogens is 2. The minimum Gasteiger partial charge on any atom is -0.492 e. The van der Waals surface area contributed by atoms with E-state index in [1.165, 1.54) is 0 Å². The van der Waals surface area contributed by atoms with Crippen molar-refractivity contribution in [2.45, 2.75) is 19.4 Å². The summed E-state index contributed by atoms with van der Waals surface area (Å²) in [5.74, 6) is 1.80. The number of imidazole rings is 1. The van der Waals surface area contributed by atoms with Crippen molar-refractivity contribution in [1.82, 2.24) is 14.9 Å². The van der Waals surface area contributed by atoms with E-state index in [0.29, 0.717) is 24.7 Å². The first-order valence-electron chi connectivity index (χ1n) is 8.27. The van der Waals surface area contributed by atoms with Gasteiger partial charge in [0.15, 0.2) is 0 Å². The first kappa shape index (κ1) is 17.3. The molecule has 1 heterocycles. The van der Waals surface area contributed by atoms with Crippen LogP contribution in [0.4, 0.5) is 0 Å². The van der Waals surface area contributed by atoms with Crippen molar-refractivity contribution in [2.75, 3.05) is 13.2 Å². The lowest BCUT2D eigenvalue weighted by Crippen LogP contribution is -2.15. The highest BCUT2D eigenvalue weighted by atomic mass is 35.5. The molecule has 0 aliphatic rings. The van der Waals surface area contributed by atoms with E-state index in [4.69, 9.17) is 21.3 Å². The summed E-state index contributed by atoms with van der Waals surface area (Å²) in [4.78, 5) is 15.1. The highest BCUT2D eigenvalue weighted by Crippen LogP contribution is 2.18. The van der Waals surface area contributed by atoms with Gasteiger partial charge in [-0.1, -0.05) is 23.7 Å². The molecule has 25 heavy (non-hydrogen) atoms. The third-order valence-corrected chi connectivity index (χ3v) is 4.19. The Balaban J connectivity index is 1.69.